The molecule has 1 rings (SSSR count). The fourth-order valence-corrected chi connectivity index (χ4v) is 1.30. The summed E-state index contributed by atoms with van der Waals surface area (Å²) < 4.78 is 10.4. The van der Waals surface area contributed by atoms with Crippen molar-refractivity contribution in [1.29, 1.82) is 0 Å². The second kappa shape index (κ2) is 6.20. The van der Waals surface area contributed by atoms with E-state index >= 15 is 0 Å². The van der Waals surface area contributed by atoms with Crippen molar-refractivity contribution >= 4 is 5.97 Å². The highest BCUT2D eigenvalue weighted by Gasteiger charge is 2.14. The van der Waals surface area contributed by atoms with Crippen molar-refractivity contribution in [3.05, 3.63) is 33.4 Å². The molecule has 0 saturated heterocycles. The Morgan fingerprint density at radius 2 is 2.24 bits per heavy atom. The Kier molecular flexibility index (Phi) is 4.90. The Labute approximate surface area is 99.0 Å². The first-order valence-corrected chi connectivity index (χ1v) is 5.51. The van der Waals surface area contributed by atoms with Crippen molar-refractivity contribution in [2.45, 2.75) is 33.3 Å². The zero-order valence-electron chi connectivity index (χ0n) is 9.99. The summed E-state index contributed by atoms with van der Waals surface area (Å²) in [5.41, 5.74) is -0.238. The molecule has 0 aliphatic heterocycles. The van der Waals surface area contributed by atoms with E-state index in [1.807, 2.05) is 6.92 Å². The number of carboxylic acid groups (broad SMARTS) is 1. The van der Waals surface area contributed by atoms with Crippen LogP contribution >= 0.6 is 0 Å². The van der Waals surface area contributed by atoms with E-state index in [4.69, 9.17) is 14.3 Å². The summed E-state index contributed by atoms with van der Waals surface area (Å²) in [4.78, 5) is 22.3. The molecule has 0 saturated carbocycles. The molecule has 0 bridgehead atoms. The standard InChI is InChI=1S/C12H16O5/c1-3-4-5-16-7-9-6-10(13)8(2)11(17-9)12(14)15/h6H,3-5,7H2,1-2H3,(H,14,15). The van der Waals surface area contributed by atoms with Gasteiger partial charge in [-0.3, -0.25) is 4.79 Å². The predicted molar refractivity (Wildman–Crippen MR) is 61.2 cm³/mol. The average molecular weight is 240 g/mol. The molecule has 5 nitrogen and oxygen atoms in total. The second-order valence-electron chi connectivity index (χ2n) is 3.74. The summed E-state index contributed by atoms with van der Waals surface area (Å²) in [6.45, 7) is 4.15. The smallest absolute Gasteiger partial charge is 0.372 e. The molecule has 0 aromatic carbocycles. The van der Waals surface area contributed by atoms with Gasteiger partial charge in [-0.25, -0.2) is 4.79 Å². The maximum Gasteiger partial charge on any atom is 0.372 e. The molecule has 1 aromatic rings. The highest BCUT2D eigenvalue weighted by molar-refractivity contribution is 5.85. The van der Waals surface area contributed by atoms with E-state index in [9.17, 15) is 9.59 Å². The molecule has 0 amide bonds. The maximum atomic E-state index is 11.5. The van der Waals surface area contributed by atoms with E-state index in [1.165, 1.54) is 13.0 Å². The van der Waals surface area contributed by atoms with Crippen LogP contribution in [0.25, 0.3) is 0 Å². The van der Waals surface area contributed by atoms with Gasteiger partial charge in [0.1, 0.15) is 12.4 Å². The first-order chi connectivity index (χ1) is 8.06. The van der Waals surface area contributed by atoms with E-state index < -0.39 is 5.97 Å². The van der Waals surface area contributed by atoms with Crippen LogP contribution < -0.4 is 5.43 Å². The van der Waals surface area contributed by atoms with Crippen molar-refractivity contribution in [3.8, 4) is 0 Å². The van der Waals surface area contributed by atoms with Crippen molar-refractivity contribution in [2.75, 3.05) is 6.61 Å². The largest absolute Gasteiger partial charge is 0.475 e. The third-order valence-electron chi connectivity index (χ3n) is 2.32. The average Bonchev–Trinajstić information content (AvgIpc) is 2.28. The molecule has 0 spiro atoms. The van der Waals surface area contributed by atoms with Crippen molar-refractivity contribution in [2.24, 2.45) is 0 Å². The van der Waals surface area contributed by atoms with Crippen LogP contribution in [0.15, 0.2) is 15.3 Å². The molecular formula is C12H16O5. The molecule has 0 unspecified atom stereocenters. The third kappa shape index (κ3) is 3.71. The molecule has 0 aliphatic carbocycles. The van der Waals surface area contributed by atoms with Crippen LogP contribution in [0.4, 0.5) is 0 Å². The number of rotatable bonds is 6. The normalized spacial score (nSPS) is 10.5. The topological polar surface area (TPSA) is 76.7 Å². The van der Waals surface area contributed by atoms with Gasteiger partial charge in [0.05, 0.1) is 0 Å². The minimum Gasteiger partial charge on any atom is -0.475 e. The number of carbonyl (C=O) groups is 1. The Hall–Kier alpha value is -1.62. The number of unbranched alkanes of at least 4 members (excludes halogenated alkanes) is 1. The second-order valence-corrected chi connectivity index (χ2v) is 3.74. The van der Waals surface area contributed by atoms with Crippen LogP contribution in [-0.4, -0.2) is 17.7 Å². The van der Waals surface area contributed by atoms with Gasteiger partial charge in [-0.05, 0) is 13.3 Å². The molecule has 0 radical (unpaired) electrons. The Morgan fingerprint density at radius 3 is 2.82 bits per heavy atom. The van der Waals surface area contributed by atoms with Gasteiger partial charge in [0.2, 0.25) is 5.76 Å². The van der Waals surface area contributed by atoms with Gasteiger partial charge < -0.3 is 14.3 Å². The van der Waals surface area contributed by atoms with Crippen LogP contribution in [0.3, 0.4) is 0 Å². The highest BCUT2D eigenvalue weighted by Crippen LogP contribution is 2.08. The van der Waals surface area contributed by atoms with Gasteiger partial charge in [-0.1, -0.05) is 13.3 Å². The summed E-state index contributed by atoms with van der Waals surface area (Å²) in [6.07, 6.45) is 1.93. The monoisotopic (exact) mass is 240 g/mol. The van der Waals surface area contributed by atoms with E-state index in [0.717, 1.165) is 12.8 Å². The van der Waals surface area contributed by atoms with E-state index in [0.29, 0.717) is 6.61 Å². The lowest BCUT2D eigenvalue weighted by Gasteiger charge is -2.05. The van der Waals surface area contributed by atoms with Crippen molar-refractivity contribution < 1.29 is 19.1 Å². The van der Waals surface area contributed by atoms with Crippen LogP contribution in [-0.2, 0) is 11.3 Å². The summed E-state index contributed by atoms with van der Waals surface area (Å²) >= 11 is 0. The number of carboxylic acids is 1. The van der Waals surface area contributed by atoms with Crippen LogP contribution in [0.1, 0.15) is 41.6 Å². The SMILES string of the molecule is CCCCOCc1cc(=O)c(C)c(C(=O)O)o1. The van der Waals surface area contributed by atoms with Gasteiger partial charge in [-0.15, -0.1) is 0 Å². The Morgan fingerprint density at radius 1 is 1.53 bits per heavy atom. The molecule has 0 fully saturated rings. The molecule has 17 heavy (non-hydrogen) atoms. The highest BCUT2D eigenvalue weighted by atomic mass is 16.5. The van der Waals surface area contributed by atoms with E-state index in [1.54, 1.807) is 0 Å². The van der Waals surface area contributed by atoms with Crippen LogP contribution in [0.2, 0.25) is 0 Å². The molecule has 0 atom stereocenters. The Bertz CT molecular complexity index is 447. The van der Waals surface area contributed by atoms with E-state index in [-0.39, 0.29) is 29.1 Å². The Balaban J connectivity index is 2.80. The minimum absolute atomic E-state index is 0.106. The predicted octanol–water partition coefficient (Wildman–Crippen LogP) is 1.96. The van der Waals surface area contributed by atoms with Gasteiger partial charge in [0, 0.05) is 18.2 Å². The third-order valence-corrected chi connectivity index (χ3v) is 2.32. The molecule has 0 aliphatic rings. The summed E-state index contributed by atoms with van der Waals surface area (Å²) in [7, 11) is 0. The number of hydrogen-bond donors (Lipinski definition) is 1. The number of hydrogen-bond acceptors (Lipinski definition) is 4. The van der Waals surface area contributed by atoms with Gasteiger partial charge in [0.15, 0.2) is 5.43 Å². The molecular weight excluding hydrogens is 224 g/mol. The zero-order chi connectivity index (χ0) is 12.8. The molecule has 1 heterocycles. The molecule has 1 aromatic heterocycles. The summed E-state index contributed by atoms with van der Waals surface area (Å²) in [5.74, 6) is -1.31. The van der Waals surface area contributed by atoms with Crippen molar-refractivity contribution in [3.63, 3.8) is 0 Å². The lowest BCUT2D eigenvalue weighted by Crippen LogP contribution is -2.13. The summed E-state index contributed by atoms with van der Waals surface area (Å²) in [6, 6.07) is 1.27. The molecule has 94 valence electrons. The number of ether oxygens (including phenoxy) is 1. The van der Waals surface area contributed by atoms with Crippen LogP contribution in [0.5, 0.6) is 0 Å². The van der Waals surface area contributed by atoms with Gasteiger partial charge in [-0.2, -0.15) is 0 Å². The lowest BCUT2D eigenvalue weighted by atomic mass is 10.2. The quantitative estimate of drug-likeness (QED) is 0.769. The first kappa shape index (κ1) is 13.4. The molecule has 1 N–H and O–H groups in total. The minimum atomic E-state index is -1.24. The van der Waals surface area contributed by atoms with Gasteiger partial charge in [0.25, 0.3) is 0 Å². The molecule has 5 heteroatoms. The fourth-order valence-electron chi connectivity index (χ4n) is 1.30. The van der Waals surface area contributed by atoms with Gasteiger partial charge >= 0.3 is 5.97 Å². The summed E-state index contributed by atoms with van der Waals surface area (Å²) in [5, 5.41) is 8.85. The first-order valence-electron chi connectivity index (χ1n) is 5.51. The van der Waals surface area contributed by atoms with E-state index in [2.05, 4.69) is 0 Å². The van der Waals surface area contributed by atoms with Crippen LogP contribution in [0, 0.1) is 6.92 Å². The van der Waals surface area contributed by atoms with Crippen molar-refractivity contribution in [1.82, 2.24) is 0 Å². The maximum absolute atomic E-state index is 11.5. The lowest BCUT2D eigenvalue weighted by molar-refractivity contribution is 0.0637. The number of aromatic carboxylic acids is 1. The fraction of sp³-hybridized carbons (Fsp3) is 0.500. The zero-order valence-corrected chi connectivity index (χ0v) is 9.99.